The minimum atomic E-state index is 0.0423. The maximum Gasteiger partial charge on any atom is 0.251 e. The number of carbonyl (C=O) groups is 1. The van der Waals surface area contributed by atoms with Crippen LogP contribution in [0.1, 0.15) is 41.8 Å². The van der Waals surface area contributed by atoms with Gasteiger partial charge in [0.2, 0.25) is 0 Å². The Bertz CT molecular complexity index is 415. The number of benzene rings is 1. The Morgan fingerprint density at radius 3 is 3.06 bits per heavy atom. The molecule has 0 radical (unpaired) electrons. The van der Waals surface area contributed by atoms with Crippen molar-refractivity contribution >= 4 is 5.91 Å². The van der Waals surface area contributed by atoms with Gasteiger partial charge in [0.15, 0.2) is 0 Å². The van der Waals surface area contributed by atoms with Crippen LogP contribution >= 0.6 is 0 Å². The standard InChI is InChI=1S/C14H20N2O/c1-3-10(2)16-14(17)12-4-5-13-9-15-7-6-11(13)8-12/h4-5,8,10,15H,3,6-7,9H2,1-2H3,(H,16,17). The monoisotopic (exact) mass is 232 g/mol. The molecule has 1 aromatic rings. The van der Waals surface area contributed by atoms with Crippen molar-refractivity contribution in [3.05, 3.63) is 34.9 Å². The maximum absolute atomic E-state index is 12.0. The number of hydrogen-bond acceptors (Lipinski definition) is 2. The normalized spacial score (nSPS) is 16.1. The molecule has 1 aromatic carbocycles. The van der Waals surface area contributed by atoms with Crippen LogP contribution in [-0.2, 0) is 13.0 Å². The predicted molar refractivity (Wildman–Crippen MR) is 69.1 cm³/mol. The molecule has 2 N–H and O–H groups in total. The largest absolute Gasteiger partial charge is 0.350 e. The smallest absolute Gasteiger partial charge is 0.251 e. The zero-order valence-corrected chi connectivity index (χ0v) is 10.5. The maximum atomic E-state index is 12.0. The summed E-state index contributed by atoms with van der Waals surface area (Å²) >= 11 is 0. The number of carbonyl (C=O) groups excluding carboxylic acids is 1. The number of nitrogens with one attached hydrogen (secondary N) is 2. The fourth-order valence-electron chi connectivity index (χ4n) is 2.03. The molecule has 1 aliphatic heterocycles. The van der Waals surface area contributed by atoms with E-state index in [2.05, 4.69) is 23.6 Å². The number of hydrogen-bond donors (Lipinski definition) is 2. The lowest BCUT2D eigenvalue weighted by molar-refractivity contribution is 0.0939. The van der Waals surface area contributed by atoms with Gasteiger partial charge in [0.1, 0.15) is 0 Å². The highest BCUT2D eigenvalue weighted by atomic mass is 16.1. The molecule has 1 heterocycles. The second-order valence-corrected chi connectivity index (χ2v) is 4.69. The van der Waals surface area contributed by atoms with Crippen LogP contribution in [-0.4, -0.2) is 18.5 Å². The summed E-state index contributed by atoms with van der Waals surface area (Å²) in [5.74, 6) is 0.0423. The van der Waals surface area contributed by atoms with E-state index in [4.69, 9.17) is 0 Å². The molecule has 1 atom stereocenters. The zero-order valence-electron chi connectivity index (χ0n) is 10.5. The summed E-state index contributed by atoms with van der Waals surface area (Å²) in [6.45, 7) is 6.02. The topological polar surface area (TPSA) is 41.1 Å². The molecule has 3 nitrogen and oxygen atoms in total. The van der Waals surface area contributed by atoms with Crippen LogP contribution in [0.15, 0.2) is 18.2 Å². The second-order valence-electron chi connectivity index (χ2n) is 4.69. The van der Waals surface area contributed by atoms with Crippen LogP contribution in [0, 0.1) is 0 Å². The van der Waals surface area contributed by atoms with Gasteiger partial charge in [-0.15, -0.1) is 0 Å². The van der Waals surface area contributed by atoms with E-state index in [1.54, 1.807) is 0 Å². The molecule has 17 heavy (non-hydrogen) atoms. The number of fused-ring (bicyclic) bond motifs is 1. The lowest BCUT2D eigenvalue weighted by Crippen LogP contribution is -2.32. The van der Waals surface area contributed by atoms with Gasteiger partial charge in [-0.25, -0.2) is 0 Å². The lowest BCUT2D eigenvalue weighted by atomic mass is 9.98. The molecule has 0 fully saturated rings. The summed E-state index contributed by atoms with van der Waals surface area (Å²) in [5, 5.41) is 6.33. The summed E-state index contributed by atoms with van der Waals surface area (Å²) in [6.07, 6.45) is 1.97. The third-order valence-corrected chi connectivity index (χ3v) is 3.34. The molecule has 2 rings (SSSR count). The molecule has 1 amide bonds. The van der Waals surface area contributed by atoms with Crippen LogP contribution < -0.4 is 10.6 Å². The van der Waals surface area contributed by atoms with Gasteiger partial charge in [-0.2, -0.15) is 0 Å². The second kappa shape index (κ2) is 5.32. The van der Waals surface area contributed by atoms with Crippen molar-refractivity contribution in [2.24, 2.45) is 0 Å². The lowest BCUT2D eigenvalue weighted by Gasteiger charge is -2.18. The molecule has 1 aliphatic rings. The third-order valence-electron chi connectivity index (χ3n) is 3.34. The van der Waals surface area contributed by atoms with Gasteiger partial charge in [0.05, 0.1) is 0 Å². The van der Waals surface area contributed by atoms with Crippen LogP contribution in [0.5, 0.6) is 0 Å². The first-order valence-electron chi connectivity index (χ1n) is 6.34. The molecule has 3 heteroatoms. The Morgan fingerprint density at radius 2 is 2.29 bits per heavy atom. The van der Waals surface area contributed by atoms with Crippen LogP contribution in [0.3, 0.4) is 0 Å². The van der Waals surface area contributed by atoms with Crippen LogP contribution in [0.25, 0.3) is 0 Å². The van der Waals surface area contributed by atoms with E-state index in [1.807, 2.05) is 19.1 Å². The third kappa shape index (κ3) is 2.86. The average molecular weight is 232 g/mol. The Balaban J connectivity index is 2.13. The first-order valence-corrected chi connectivity index (χ1v) is 6.34. The molecule has 0 saturated heterocycles. The first kappa shape index (κ1) is 12.1. The SMILES string of the molecule is CCC(C)NC(=O)c1ccc2c(c1)CCNC2. The molecule has 0 bridgehead atoms. The van der Waals surface area contributed by atoms with Crippen molar-refractivity contribution in [1.29, 1.82) is 0 Å². The van der Waals surface area contributed by atoms with Gasteiger partial charge in [-0.05, 0) is 49.6 Å². The summed E-state index contributed by atoms with van der Waals surface area (Å²) in [5.41, 5.74) is 3.41. The fraction of sp³-hybridized carbons (Fsp3) is 0.500. The Hall–Kier alpha value is -1.35. The zero-order chi connectivity index (χ0) is 12.3. The molecule has 1 unspecified atom stereocenters. The van der Waals surface area contributed by atoms with Gasteiger partial charge in [0, 0.05) is 18.2 Å². The van der Waals surface area contributed by atoms with Gasteiger partial charge in [-0.1, -0.05) is 13.0 Å². The Labute approximate surface area is 103 Å². The highest BCUT2D eigenvalue weighted by Crippen LogP contribution is 2.16. The Kier molecular flexibility index (Phi) is 3.79. The quantitative estimate of drug-likeness (QED) is 0.835. The van der Waals surface area contributed by atoms with Gasteiger partial charge in [0.25, 0.3) is 5.91 Å². The van der Waals surface area contributed by atoms with E-state index in [1.165, 1.54) is 11.1 Å². The summed E-state index contributed by atoms with van der Waals surface area (Å²) in [4.78, 5) is 12.0. The highest BCUT2D eigenvalue weighted by Gasteiger charge is 2.13. The summed E-state index contributed by atoms with van der Waals surface area (Å²) in [7, 11) is 0. The van der Waals surface area contributed by atoms with E-state index in [0.717, 1.165) is 31.5 Å². The van der Waals surface area contributed by atoms with E-state index in [0.29, 0.717) is 0 Å². The highest BCUT2D eigenvalue weighted by molar-refractivity contribution is 5.94. The van der Waals surface area contributed by atoms with E-state index < -0.39 is 0 Å². The van der Waals surface area contributed by atoms with Gasteiger partial charge < -0.3 is 10.6 Å². The fourth-order valence-corrected chi connectivity index (χ4v) is 2.03. The first-order chi connectivity index (χ1) is 8.20. The molecule has 0 saturated carbocycles. The molecule has 0 aliphatic carbocycles. The minimum Gasteiger partial charge on any atom is -0.350 e. The molecule has 92 valence electrons. The number of rotatable bonds is 3. The predicted octanol–water partition coefficient (Wildman–Crippen LogP) is 1.86. The van der Waals surface area contributed by atoms with Crippen LogP contribution in [0.4, 0.5) is 0 Å². The number of amides is 1. The molecular formula is C14H20N2O. The summed E-state index contributed by atoms with van der Waals surface area (Å²) < 4.78 is 0. The van der Waals surface area contributed by atoms with E-state index in [9.17, 15) is 4.79 Å². The molecule has 0 spiro atoms. The van der Waals surface area contributed by atoms with Gasteiger partial charge >= 0.3 is 0 Å². The summed E-state index contributed by atoms with van der Waals surface area (Å²) in [6, 6.07) is 6.25. The van der Waals surface area contributed by atoms with Crippen molar-refractivity contribution in [2.45, 2.75) is 39.3 Å². The van der Waals surface area contributed by atoms with Crippen LogP contribution in [0.2, 0.25) is 0 Å². The Morgan fingerprint density at radius 1 is 1.47 bits per heavy atom. The molecular weight excluding hydrogens is 212 g/mol. The average Bonchev–Trinajstić information content (AvgIpc) is 2.38. The van der Waals surface area contributed by atoms with Crippen molar-refractivity contribution in [1.82, 2.24) is 10.6 Å². The van der Waals surface area contributed by atoms with E-state index >= 15 is 0 Å². The van der Waals surface area contributed by atoms with Crippen molar-refractivity contribution in [3.8, 4) is 0 Å². The molecule has 0 aromatic heterocycles. The van der Waals surface area contributed by atoms with Crippen molar-refractivity contribution < 1.29 is 4.79 Å². The van der Waals surface area contributed by atoms with Gasteiger partial charge in [-0.3, -0.25) is 4.79 Å². The van der Waals surface area contributed by atoms with Crippen molar-refractivity contribution in [3.63, 3.8) is 0 Å². The van der Waals surface area contributed by atoms with E-state index in [-0.39, 0.29) is 11.9 Å². The van der Waals surface area contributed by atoms with Crippen molar-refractivity contribution in [2.75, 3.05) is 6.54 Å². The minimum absolute atomic E-state index is 0.0423.